The molecular formula is C19H39NaOS2. The Morgan fingerprint density at radius 3 is 1.30 bits per heavy atom. The summed E-state index contributed by atoms with van der Waals surface area (Å²) in [6.45, 7) is 3.02. The van der Waals surface area contributed by atoms with Crippen molar-refractivity contribution in [3.8, 4) is 0 Å². The van der Waals surface area contributed by atoms with Gasteiger partial charge in [0, 0.05) is 0 Å². The van der Waals surface area contributed by atoms with Crippen LogP contribution < -0.4 is 29.6 Å². The maximum absolute atomic E-state index is 5.16. The van der Waals surface area contributed by atoms with Crippen LogP contribution in [0.15, 0.2) is 0 Å². The van der Waals surface area contributed by atoms with Gasteiger partial charge in [-0.25, -0.2) is 0 Å². The second kappa shape index (κ2) is 23.2. The van der Waals surface area contributed by atoms with Crippen LogP contribution in [-0.4, -0.2) is 11.0 Å². The minimum atomic E-state index is 0. The Labute approximate surface area is 180 Å². The number of unbranched alkanes of at least 4 members (excludes halogenated alkanes) is 15. The fraction of sp³-hybridized carbons (Fsp3) is 0.947. The topological polar surface area (TPSA) is 9.23 Å². The molecule has 0 aliphatic rings. The molecule has 0 rings (SSSR count). The van der Waals surface area contributed by atoms with E-state index in [0.717, 1.165) is 13.0 Å². The number of thiol groups is 1. The van der Waals surface area contributed by atoms with E-state index in [1.807, 2.05) is 0 Å². The zero-order chi connectivity index (χ0) is 16.3. The van der Waals surface area contributed by atoms with Crippen molar-refractivity contribution < 1.29 is 35.7 Å². The molecule has 0 spiro atoms. The number of thiocarbonyl (C=S) groups is 1. The van der Waals surface area contributed by atoms with E-state index in [9.17, 15) is 0 Å². The van der Waals surface area contributed by atoms with Gasteiger partial charge in [-0.05, 0) is 18.6 Å². The van der Waals surface area contributed by atoms with Crippen LogP contribution in [0.5, 0.6) is 0 Å². The van der Waals surface area contributed by atoms with E-state index >= 15 is 0 Å². The van der Waals surface area contributed by atoms with Crippen molar-refractivity contribution in [3.05, 3.63) is 0 Å². The molecule has 0 fully saturated rings. The number of ether oxygens (including phenoxy) is 1. The van der Waals surface area contributed by atoms with E-state index in [1.165, 1.54) is 96.3 Å². The smallest absolute Gasteiger partial charge is 1.00 e. The standard InChI is InChI=1S/C19H38OS2.Na.H/c1-2-3-4-5-6-7-8-9-10-11-12-13-14-15-16-17-18-20-19(21)22;;/h2-18H2,1H3,(H,21,22);;/q;+1;-1. The summed E-state index contributed by atoms with van der Waals surface area (Å²) < 4.78 is 5.53. The van der Waals surface area contributed by atoms with Gasteiger partial charge in [-0.2, -0.15) is 0 Å². The van der Waals surface area contributed by atoms with Crippen molar-refractivity contribution in [2.45, 2.75) is 110 Å². The minimum Gasteiger partial charge on any atom is -1.00 e. The number of rotatable bonds is 17. The molecule has 0 aromatic rings. The average molecular weight is 371 g/mol. The van der Waals surface area contributed by atoms with Gasteiger partial charge < -0.3 is 6.16 Å². The van der Waals surface area contributed by atoms with Gasteiger partial charge in [0.05, 0.1) is 6.61 Å². The fourth-order valence-electron chi connectivity index (χ4n) is 2.81. The maximum Gasteiger partial charge on any atom is 1.00 e. The molecule has 0 amide bonds. The molecule has 0 radical (unpaired) electrons. The maximum atomic E-state index is 5.16. The number of hydrogen-bond acceptors (Lipinski definition) is 2. The Bertz CT molecular complexity index is 243. The third-order valence-corrected chi connectivity index (χ3v) is 4.47. The molecule has 23 heavy (non-hydrogen) atoms. The second-order valence-corrected chi connectivity index (χ2v) is 7.50. The van der Waals surface area contributed by atoms with Crippen molar-refractivity contribution in [1.29, 1.82) is 0 Å². The van der Waals surface area contributed by atoms with Crippen molar-refractivity contribution in [2.75, 3.05) is 6.61 Å². The van der Waals surface area contributed by atoms with Crippen LogP contribution in [-0.2, 0) is 4.74 Å². The van der Waals surface area contributed by atoms with Crippen molar-refractivity contribution in [2.24, 2.45) is 0 Å². The molecule has 0 aromatic carbocycles. The Kier molecular flexibility index (Phi) is 26.7. The first-order valence-corrected chi connectivity index (χ1v) is 10.5. The van der Waals surface area contributed by atoms with Crippen LogP contribution in [0.2, 0.25) is 0 Å². The van der Waals surface area contributed by atoms with Gasteiger partial charge in [-0.15, -0.1) is 0 Å². The molecule has 0 saturated carbocycles. The third-order valence-electron chi connectivity index (χ3n) is 4.22. The summed E-state index contributed by atoms with van der Waals surface area (Å²) in [5.74, 6) is 0. The predicted octanol–water partition coefficient (Wildman–Crippen LogP) is 4.60. The van der Waals surface area contributed by atoms with Crippen molar-refractivity contribution >= 4 is 29.2 Å². The molecule has 1 nitrogen and oxygen atoms in total. The van der Waals surface area contributed by atoms with Gasteiger partial charge in [0.15, 0.2) is 0 Å². The largest absolute Gasteiger partial charge is 1.00 e. The van der Waals surface area contributed by atoms with Crippen molar-refractivity contribution in [3.63, 3.8) is 0 Å². The first kappa shape index (κ1) is 26.5. The van der Waals surface area contributed by atoms with E-state index in [0.29, 0.717) is 4.38 Å². The molecule has 0 atom stereocenters. The monoisotopic (exact) mass is 370 g/mol. The van der Waals surface area contributed by atoms with Crippen molar-refractivity contribution in [1.82, 2.24) is 0 Å². The quantitative estimate of drug-likeness (QED) is 0.173. The van der Waals surface area contributed by atoms with E-state index in [4.69, 9.17) is 17.0 Å². The molecule has 0 aliphatic carbocycles. The molecule has 0 aromatic heterocycles. The van der Waals surface area contributed by atoms with Crippen LogP contribution in [0.25, 0.3) is 0 Å². The molecule has 0 heterocycles. The molecular weight excluding hydrogens is 331 g/mol. The van der Waals surface area contributed by atoms with Gasteiger partial charge in [-0.3, -0.25) is 0 Å². The molecule has 0 bridgehead atoms. The first-order valence-electron chi connectivity index (χ1n) is 9.63. The van der Waals surface area contributed by atoms with Gasteiger partial charge in [0.2, 0.25) is 4.38 Å². The predicted molar refractivity (Wildman–Crippen MR) is 108 cm³/mol. The van der Waals surface area contributed by atoms with Crippen LogP contribution >= 0.6 is 24.8 Å². The Hall–Kier alpha value is 1.24. The third kappa shape index (κ3) is 25.6. The number of hydrogen-bond donors (Lipinski definition) is 1. The first-order chi connectivity index (χ1) is 10.8. The van der Waals surface area contributed by atoms with Crippen LogP contribution in [0.4, 0.5) is 0 Å². The second-order valence-electron chi connectivity index (χ2n) is 6.42. The molecule has 0 N–H and O–H groups in total. The van der Waals surface area contributed by atoms with E-state index in [2.05, 4.69) is 19.6 Å². The normalized spacial score (nSPS) is 10.3. The van der Waals surface area contributed by atoms with Gasteiger partial charge >= 0.3 is 29.6 Å². The minimum absolute atomic E-state index is 0. The molecule has 0 unspecified atom stereocenters. The molecule has 0 aliphatic heterocycles. The van der Waals surface area contributed by atoms with E-state index < -0.39 is 0 Å². The van der Waals surface area contributed by atoms with Gasteiger partial charge in [0.25, 0.3) is 0 Å². The molecule has 4 heteroatoms. The van der Waals surface area contributed by atoms with E-state index in [-0.39, 0.29) is 31.0 Å². The van der Waals surface area contributed by atoms with Crippen LogP contribution in [0, 0.1) is 0 Å². The zero-order valence-electron chi connectivity index (χ0n) is 16.8. The Morgan fingerprint density at radius 1 is 0.696 bits per heavy atom. The van der Waals surface area contributed by atoms with Crippen LogP contribution in [0.1, 0.15) is 111 Å². The molecule has 134 valence electrons. The summed E-state index contributed by atoms with van der Waals surface area (Å²) in [4.78, 5) is 0. The van der Waals surface area contributed by atoms with E-state index in [1.54, 1.807) is 0 Å². The molecule has 0 saturated heterocycles. The Morgan fingerprint density at radius 2 is 1.00 bits per heavy atom. The van der Waals surface area contributed by atoms with Gasteiger partial charge in [0.1, 0.15) is 0 Å². The Balaban J connectivity index is -0.00000220. The summed E-state index contributed by atoms with van der Waals surface area (Å²) in [6, 6.07) is 0. The summed E-state index contributed by atoms with van der Waals surface area (Å²) in [5.41, 5.74) is 0. The summed E-state index contributed by atoms with van der Waals surface area (Å²) in [6.07, 6.45) is 22.3. The summed E-state index contributed by atoms with van der Waals surface area (Å²) in [7, 11) is 0. The van der Waals surface area contributed by atoms with Gasteiger partial charge in [-0.1, -0.05) is 116 Å². The fourth-order valence-corrected chi connectivity index (χ4v) is 2.98. The van der Waals surface area contributed by atoms with Crippen LogP contribution in [0.3, 0.4) is 0 Å². The zero-order valence-corrected chi connectivity index (χ0v) is 19.5. The summed E-state index contributed by atoms with van der Waals surface area (Å²) in [5, 5.41) is 0. The summed E-state index contributed by atoms with van der Waals surface area (Å²) >= 11 is 8.69. The SMILES string of the molecule is CCCCCCCCCCCCCCCCCCOC(=S)S.[H-].[Na+]. The average Bonchev–Trinajstić information content (AvgIpc) is 2.50.